The van der Waals surface area contributed by atoms with Gasteiger partial charge in [0, 0.05) is 26.1 Å². The molecule has 0 atom stereocenters. The Balaban J connectivity index is 1.38. The first kappa shape index (κ1) is 20.3. The predicted octanol–water partition coefficient (Wildman–Crippen LogP) is 6.27. The molecule has 0 N–H and O–H groups in total. The summed E-state index contributed by atoms with van der Waals surface area (Å²) in [7, 11) is 0. The van der Waals surface area contributed by atoms with Gasteiger partial charge in [-0.1, -0.05) is 44.0 Å². The Hall–Kier alpha value is -2.61. The summed E-state index contributed by atoms with van der Waals surface area (Å²) in [4.78, 5) is 12.9. The Kier molecular flexibility index (Phi) is 5.56. The molecule has 156 valence electrons. The molecule has 0 radical (unpaired) electrons. The van der Waals surface area contributed by atoms with Gasteiger partial charge in [0.1, 0.15) is 23.9 Å². The quantitative estimate of drug-likeness (QED) is 0.363. The summed E-state index contributed by atoms with van der Waals surface area (Å²) < 4.78 is 24.6. The molecule has 0 bridgehead atoms. The first-order chi connectivity index (χ1) is 15.1. The lowest BCUT2D eigenvalue weighted by atomic mass is 10.1. The normalized spacial score (nSPS) is 15.8. The Labute approximate surface area is 195 Å². The highest BCUT2D eigenvalue weighted by atomic mass is 79.9. The number of benzene rings is 3. The van der Waals surface area contributed by atoms with E-state index in [-0.39, 0.29) is 18.3 Å². The number of ketones is 1. The number of hydrogen-bond acceptors (Lipinski definition) is 5. The lowest BCUT2D eigenvalue weighted by Crippen LogP contribution is -2.12. The van der Waals surface area contributed by atoms with E-state index in [2.05, 4.69) is 31.9 Å². The van der Waals surface area contributed by atoms with E-state index >= 15 is 0 Å². The molecule has 31 heavy (non-hydrogen) atoms. The smallest absolute Gasteiger partial charge is 0.231 e. The molecule has 5 nitrogen and oxygen atoms in total. The van der Waals surface area contributed by atoms with Crippen molar-refractivity contribution in [3.05, 3.63) is 91.6 Å². The van der Waals surface area contributed by atoms with Gasteiger partial charge in [-0.25, -0.2) is 0 Å². The number of fused-ring (bicyclic) bond motifs is 2. The zero-order valence-corrected chi connectivity index (χ0v) is 19.4. The topological polar surface area (TPSA) is 54.0 Å². The summed E-state index contributed by atoms with van der Waals surface area (Å²) in [5, 5.41) is 0. The summed E-state index contributed by atoms with van der Waals surface area (Å²) in [5.74, 6) is 1.90. The molecular weight excluding hydrogens is 528 g/mol. The van der Waals surface area contributed by atoms with Gasteiger partial charge in [0.05, 0.1) is 12.2 Å². The van der Waals surface area contributed by atoms with Crippen LogP contribution >= 0.6 is 31.9 Å². The molecule has 5 rings (SSSR count). The third kappa shape index (κ3) is 4.26. The second kappa shape index (κ2) is 8.49. The van der Waals surface area contributed by atoms with Gasteiger partial charge in [0.25, 0.3) is 0 Å². The number of carbonyl (C=O) groups excluding carboxylic acids is 1. The third-order valence-electron chi connectivity index (χ3n) is 4.95. The first-order valence-electron chi connectivity index (χ1n) is 9.55. The van der Waals surface area contributed by atoms with Gasteiger partial charge in [-0.2, -0.15) is 0 Å². The van der Waals surface area contributed by atoms with Crippen LogP contribution in [0.25, 0.3) is 6.08 Å². The minimum atomic E-state index is -0.171. The molecule has 2 aliphatic heterocycles. The van der Waals surface area contributed by atoms with Gasteiger partial charge < -0.3 is 18.9 Å². The molecule has 7 heteroatoms. The van der Waals surface area contributed by atoms with E-state index in [0.29, 0.717) is 36.0 Å². The predicted molar refractivity (Wildman–Crippen MR) is 122 cm³/mol. The van der Waals surface area contributed by atoms with Crippen molar-refractivity contribution in [1.82, 2.24) is 0 Å². The molecule has 3 aromatic carbocycles. The van der Waals surface area contributed by atoms with Crippen molar-refractivity contribution in [2.75, 3.05) is 6.79 Å². The van der Waals surface area contributed by atoms with Crippen LogP contribution in [0.4, 0.5) is 0 Å². The second-order valence-corrected chi connectivity index (χ2v) is 8.94. The van der Waals surface area contributed by atoms with Gasteiger partial charge in [0.2, 0.25) is 5.78 Å². The monoisotopic (exact) mass is 542 g/mol. The van der Waals surface area contributed by atoms with Gasteiger partial charge in [-0.15, -0.1) is 0 Å². The standard InChI is InChI=1S/C24H16Br2O5/c25-17-3-1-14(2-4-17)11-29-19-5-6-20-21(10-19)31-22(23(20)27)9-15-7-18(26)8-16-12-28-13-30-24(15)16/h1-10H,11-13H2/b22-9-. The van der Waals surface area contributed by atoms with E-state index in [9.17, 15) is 4.79 Å². The number of Topliss-reactive ketones (excluding diaryl/α,β-unsaturated/α-hetero) is 1. The number of carbonyl (C=O) groups is 1. The van der Waals surface area contributed by atoms with Crippen LogP contribution in [0.1, 0.15) is 27.0 Å². The Morgan fingerprint density at radius 3 is 2.68 bits per heavy atom. The SMILES string of the molecule is O=C1/C(=C/c2cc(Br)cc3c2OCOC3)Oc2cc(OCc3ccc(Br)cc3)ccc21. The summed E-state index contributed by atoms with van der Waals surface area (Å²) in [6.45, 7) is 1.06. The molecule has 0 spiro atoms. The van der Waals surface area contributed by atoms with Crippen molar-refractivity contribution in [3.8, 4) is 17.2 Å². The lowest BCUT2D eigenvalue weighted by molar-refractivity contribution is -0.0165. The minimum absolute atomic E-state index is 0.171. The minimum Gasteiger partial charge on any atom is -0.489 e. The van der Waals surface area contributed by atoms with Crippen LogP contribution in [0.3, 0.4) is 0 Å². The maximum atomic E-state index is 12.9. The van der Waals surface area contributed by atoms with Gasteiger partial charge in [-0.05, 0) is 48.0 Å². The van der Waals surface area contributed by atoms with Crippen molar-refractivity contribution in [2.24, 2.45) is 0 Å². The molecule has 2 heterocycles. The van der Waals surface area contributed by atoms with Crippen LogP contribution in [0.2, 0.25) is 0 Å². The molecule has 0 fully saturated rings. The maximum Gasteiger partial charge on any atom is 0.231 e. The number of halogens is 2. The zero-order chi connectivity index (χ0) is 21.4. The van der Waals surface area contributed by atoms with Gasteiger partial charge in [0.15, 0.2) is 12.6 Å². The van der Waals surface area contributed by atoms with Crippen LogP contribution in [-0.2, 0) is 18.0 Å². The highest BCUT2D eigenvalue weighted by Crippen LogP contribution is 2.38. The molecular formula is C24H16Br2O5. The van der Waals surface area contributed by atoms with Crippen molar-refractivity contribution in [1.29, 1.82) is 0 Å². The van der Waals surface area contributed by atoms with Crippen LogP contribution in [0.5, 0.6) is 17.2 Å². The molecule has 0 saturated heterocycles. The lowest BCUT2D eigenvalue weighted by Gasteiger charge is -2.20. The fourth-order valence-electron chi connectivity index (χ4n) is 3.46. The van der Waals surface area contributed by atoms with Crippen LogP contribution in [-0.4, -0.2) is 12.6 Å². The Morgan fingerprint density at radius 1 is 1.00 bits per heavy atom. The van der Waals surface area contributed by atoms with E-state index in [0.717, 1.165) is 25.6 Å². The van der Waals surface area contributed by atoms with E-state index < -0.39 is 0 Å². The van der Waals surface area contributed by atoms with Crippen LogP contribution < -0.4 is 14.2 Å². The fourth-order valence-corrected chi connectivity index (χ4v) is 4.25. The van der Waals surface area contributed by atoms with Crippen LogP contribution in [0, 0.1) is 0 Å². The Bertz CT molecular complexity index is 1200. The molecule has 3 aromatic rings. The molecule has 0 unspecified atom stereocenters. The number of allylic oxidation sites excluding steroid dienone is 1. The number of hydrogen-bond donors (Lipinski definition) is 0. The Morgan fingerprint density at radius 2 is 1.84 bits per heavy atom. The van der Waals surface area contributed by atoms with E-state index in [1.807, 2.05) is 36.4 Å². The molecule has 0 aliphatic carbocycles. The largest absolute Gasteiger partial charge is 0.489 e. The summed E-state index contributed by atoms with van der Waals surface area (Å²) in [6, 6.07) is 17.0. The van der Waals surface area contributed by atoms with Crippen LogP contribution in [0.15, 0.2) is 69.3 Å². The summed E-state index contributed by atoms with van der Waals surface area (Å²) in [6.07, 6.45) is 1.71. The second-order valence-electron chi connectivity index (χ2n) is 7.11. The molecule has 2 aliphatic rings. The summed E-state index contributed by atoms with van der Waals surface area (Å²) >= 11 is 6.92. The number of rotatable bonds is 4. The van der Waals surface area contributed by atoms with Crippen molar-refractivity contribution < 1.29 is 23.7 Å². The van der Waals surface area contributed by atoms with Crippen molar-refractivity contribution >= 4 is 43.7 Å². The third-order valence-corrected chi connectivity index (χ3v) is 5.94. The summed E-state index contributed by atoms with van der Waals surface area (Å²) in [5.41, 5.74) is 3.23. The number of ether oxygens (including phenoxy) is 4. The highest BCUT2D eigenvalue weighted by Gasteiger charge is 2.28. The van der Waals surface area contributed by atoms with Gasteiger partial charge >= 0.3 is 0 Å². The van der Waals surface area contributed by atoms with E-state index in [1.165, 1.54) is 0 Å². The van der Waals surface area contributed by atoms with E-state index in [4.69, 9.17) is 18.9 Å². The van der Waals surface area contributed by atoms with Gasteiger partial charge in [-0.3, -0.25) is 4.79 Å². The molecule has 0 amide bonds. The average molecular weight is 544 g/mol. The fraction of sp³-hybridized carbons (Fsp3) is 0.125. The van der Waals surface area contributed by atoms with Crippen molar-refractivity contribution in [3.63, 3.8) is 0 Å². The highest BCUT2D eigenvalue weighted by molar-refractivity contribution is 9.10. The maximum absolute atomic E-state index is 12.9. The first-order valence-corrected chi connectivity index (χ1v) is 11.1. The zero-order valence-electron chi connectivity index (χ0n) is 16.2. The average Bonchev–Trinajstić information content (AvgIpc) is 3.08. The van der Waals surface area contributed by atoms with Crippen molar-refractivity contribution in [2.45, 2.75) is 13.2 Å². The van der Waals surface area contributed by atoms with E-state index in [1.54, 1.807) is 24.3 Å². The molecule has 0 aromatic heterocycles. The molecule has 0 saturated carbocycles.